The van der Waals surface area contributed by atoms with E-state index in [2.05, 4.69) is 0 Å². The van der Waals surface area contributed by atoms with Crippen LogP contribution in [0.1, 0.15) is 43.7 Å². The van der Waals surface area contributed by atoms with E-state index in [0.29, 0.717) is 19.6 Å². The molecule has 0 amide bonds. The Balaban J connectivity index is 1.82. The normalized spacial score (nSPS) is 24.5. The van der Waals surface area contributed by atoms with Gasteiger partial charge in [0.25, 0.3) is 10.2 Å². The number of hydrogen-bond donors (Lipinski definition) is 0. The lowest BCUT2D eigenvalue weighted by Gasteiger charge is -2.33. The third-order valence-electron chi connectivity index (χ3n) is 4.64. The van der Waals surface area contributed by atoms with Gasteiger partial charge in [-0.3, -0.25) is 0 Å². The Morgan fingerprint density at radius 2 is 1.68 bits per heavy atom. The van der Waals surface area contributed by atoms with Gasteiger partial charge in [-0.05, 0) is 43.4 Å². The second-order valence-electron chi connectivity index (χ2n) is 6.01. The zero-order valence-electron chi connectivity index (χ0n) is 13.1. The van der Waals surface area contributed by atoms with Gasteiger partial charge in [0.2, 0.25) is 0 Å². The van der Waals surface area contributed by atoms with Gasteiger partial charge in [0.05, 0.1) is 13.2 Å². The fourth-order valence-corrected chi connectivity index (χ4v) is 5.34. The average Bonchev–Trinajstić information content (AvgIpc) is 3.06. The molecule has 2 heterocycles. The van der Waals surface area contributed by atoms with Crippen LogP contribution >= 0.6 is 0 Å². The number of ether oxygens (including phenoxy) is 1. The standard InChI is InChI=1S/C16H24N2O3S/c1-21-15-9-7-14(8-10-15)16-6-5-13-18(16)22(19,20)17-11-3-2-4-12-17/h7-10,16H,2-6,11-13H2,1H3. The summed E-state index contributed by atoms with van der Waals surface area (Å²) in [5.41, 5.74) is 1.05. The summed E-state index contributed by atoms with van der Waals surface area (Å²) in [4.78, 5) is 0. The third kappa shape index (κ3) is 3.00. The van der Waals surface area contributed by atoms with Crippen LogP contribution in [-0.2, 0) is 10.2 Å². The molecule has 2 fully saturated rings. The van der Waals surface area contributed by atoms with Gasteiger partial charge < -0.3 is 4.74 Å². The molecule has 3 rings (SSSR count). The third-order valence-corrected chi connectivity index (χ3v) is 6.69. The first kappa shape index (κ1) is 15.8. The van der Waals surface area contributed by atoms with Crippen molar-refractivity contribution in [3.8, 4) is 5.75 Å². The fourth-order valence-electron chi connectivity index (χ4n) is 3.42. The van der Waals surface area contributed by atoms with Gasteiger partial charge >= 0.3 is 0 Å². The Hall–Kier alpha value is -1.11. The van der Waals surface area contributed by atoms with Crippen molar-refractivity contribution in [2.75, 3.05) is 26.7 Å². The quantitative estimate of drug-likeness (QED) is 0.855. The topological polar surface area (TPSA) is 49.9 Å². The van der Waals surface area contributed by atoms with E-state index in [4.69, 9.17) is 4.74 Å². The minimum atomic E-state index is -3.34. The van der Waals surface area contributed by atoms with Gasteiger partial charge in [-0.15, -0.1) is 0 Å². The Morgan fingerprint density at radius 1 is 1.00 bits per heavy atom. The molecule has 1 unspecified atom stereocenters. The van der Waals surface area contributed by atoms with Crippen molar-refractivity contribution in [3.05, 3.63) is 29.8 Å². The number of methoxy groups -OCH3 is 1. The van der Waals surface area contributed by atoms with Crippen molar-refractivity contribution < 1.29 is 13.2 Å². The SMILES string of the molecule is COc1ccc(C2CCCN2S(=O)(=O)N2CCCCC2)cc1. The van der Waals surface area contributed by atoms with Crippen LogP contribution in [-0.4, -0.2) is 43.8 Å². The van der Waals surface area contributed by atoms with E-state index in [1.165, 1.54) is 0 Å². The second-order valence-corrected chi connectivity index (χ2v) is 7.89. The fraction of sp³-hybridized carbons (Fsp3) is 0.625. The molecule has 2 saturated heterocycles. The maximum Gasteiger partial charge on any atom is 0.282 e. The molecule has 0 N–H and O–H groups in total. The molecule has 0 spiro atoms. The summed E-state index contributed by atoms with van der Waals surface area (Å²) in [7, 11) is -1.70. The van der Waals surface area contributed by atoms with E-state index < -0.39 is 10.2 Å². The minimum Gasteiger partial charge on any atom is -0.497 e. The Kier molecular flexibility index (Phi) is 4.70. The molecule has 2 aliphatic rings. The smallest absolute Gasteiger partial charge is 0.282 e. The molecular weight excluding hydrogens is 300 g/mol. The monoisotopic (exact) mass is 324 g/mol. The molecule has 0 aromatic heterocycles. The lowest BCUT2D eigenvalue weighted by atomic mass is 10.1. The highest BCUT2D eigenvalue weighted by Crippen LogP contribution is 2.36. The zero-order valence-corrected chi connectivity index (χ0v) is 13.9. The lowest BCUT2D eigenvalue weighted by molar-refractivity contribution is 0.296. The number of rotatable bonds is 4. The summed E-state index contributed by atoms with van der Waals surface area (Å²) in [5.74, 6) is 0.798. The second kappa shape index (κ2) is 6.56. The maximum absolute atomic E-state index is 12.9. The molecule has 2 aliphatic heterocycles. The summed E-state index contributed by atoms with van der Waals surface area (Å²) in [6.07, 6.45) is 4.89. The van der Waals surface area contributed by atoms with Crippen molar-refractivity contribution in [2.24, 2.45) is 0 Å². The maximum atomic E-state index is 12.9. The van der Waals surface area contributed by atoms with Gasteiger partial charge in [0, 0.05) is 19.6 Å². The molecule has 6 heteroatoms. The molecule has 5 nitrogen and oxygen atoms in total. The molecule has 1 atom stereocenters. The molecule has 0 saturated carbocycles. The van der Waals surface area contributed by atoms with Gasteiger partial charge in [0.1, 0.15) is 5.75 Å². The van der Waals surface area contributed by atoms with Crippen LogP contribution in [0.5, 0.6) is 5.75 Å². The number of piperidine rings is 1. The number of benzene rings is 1. The van der Waals surface area contributed by atoms with Crippen LogP contribution in [0.25, 0.3) is 0 Å². The van der Waals surface area contributed by atoms with Gasteiger partial charge in [-0.2, -0.15) is 17.0 Å². The van der Waals surface area contributed by atoms with Crippen LogP contribution in [0, 0.1) is 0 Å². The van der Waals surface area contributed by atoms with Crippen LogP contribution in [0.4, 0.5) is 0 Å². The minimum absolute atomic E-state index is 0.0437. The van der Waals surface area contributed by atoms with Crippen LogP contribution in [0.15, 0.2) is 24.3 Å². The first-order chi connectivity index (χ1) is 10.6. The summed E-state index contributed by atoms with van der Waals surface area (Å²) in [5, 5.41) is 0. The predicted octanol–water partition coefficient (Wildman–Crippen LogP) is 2.56. The van der Waals surface area contributed by atoms with Crippen molar-refractivity contribution in [1.29, 1.82) is 0 Å². The van der Waals surface area contributed by atoms with E-state index in [-0.39, 0.29) is 6.04 Å². The molecule has 22 heavy (non-hydrogen) atoms. The van der Waals surface area contributed by atoms with Crippen LogP contribution in [0.2, 0.25) is 0 Å². The summed E-state index contributed by atoms with van der Waals surface area (Å²) >= 11 is 0. The first-order valence-electron chi connectivity index (χ1n) is 8.04. The van der Waals surface area contributed by atoms with Crippen molar-refractivity contribution >= 4 is 10.2 Å². The highest BCUT2D eigenvalue weighted by molar-refractivity contribution is 7.86. The number of hydrogen-bond acceptors (Lipinski definition) is 3. The number of nitrogens with zero attached hydrogens (tertiary/aromatic N) is 2. The highest BCUT2D eigenvalue weighted by Gasteiger charge is 2.39. The predicted molar refractivity (Wildman–Crippen MR) is 86.0 cm³/mol. The molecule has 122 valence electrons. The van der Waals surface area contributed by atoms with Crippen LogP contribution in [0.3, 0.4) is 0 Å². The van der Waals surface area contributed by atoms with Crippen molar-refractivity contribution in [3.63, 3.8) is 0 Å². The Bertz CT molecular complexity index is 594. The molecule has 1 aromatic carbocycles. The van der Waals surface area contributed by atoms with Crippen molar-refractivity contribution in [1.82, 2.24) is 8.61 Å². The highest BCUT2D eigenvalue weighted by atomic mass is 32.2. The van der Waals surface area contributed by atoms with Crippen LogP contribution < -0.4 is 4.74 Å². The van der Waals surface area contributed by atoms with E-state index in [0.717, 1.165) is 43.4 Å². The Labute approximate surface area is 133 Å². The Morgan fingerprint density at radius 3 is 2.32 bits per heavy atom. The largest absolute Gasteiger partial charge is 0.497 e. The van der Waals surface area contributed by atoms with Gasteiger partial charge in [-0.25, -0.2) is 0 Å². The van der Waals surface area contributed by atoms with Gasteiger partial charge in [-0.1, -0.05) is 18.6 Å². The summed E-state index contributed by atoms with van der Waals surface area (Å²) in [6, 6.07) is 7.72. The van der Waals surface area contributed by atoms with Gasteiger partial charge in [0.15, 0.2) is 0 Å². The van der Waals surface area contributed by atoms with E-state index in [9.17, 15) is 8.42 Å². The van der Waals surface area contributed by atoms with E-state index in [1.54, 1.807) is 15.7 Å². The molecular formula is C16H24N2O3S. The molecule has 1 aromatic rings. The molecule has 0 radical (unpaired) electrons. The lowest BCUT2D eigenvalue weighted by Crippen LogP contribution is -2.45. The van der Waals surface area contributed by atoms with E-state index >= 15 is 0 Å². The summed E-state index contributed by atoms with van der Waals surface area (Å²) < 4.78 is 34.4. The van der Waals surface area contributed by atoms with Crippen molar-refractivity contribution in [2.45, 2.75) is 38.1 Å². The van der Waals surface area contributed by atoms with E-state index in [1.807, 2.05) is 24.3 Å². The average molecular weight is 324 g/mol. The zero-order chi connectivity index (χ0) is 15.6. The first-order valence-corrected chi connectivity index (χ1v) is 9.43. The molecule has 0 bridgehead atoms. The summed E-state index contributed by atoms with van der Waals surface area (Å²) in [6.45, 7) is 1.94. The molecule has 0 aliphatic carbocycles.